The Labute approximate surface area is 132 Å². The zero-order chi connectivity index (χ0) is 13.5. The maximum atomic E-state index is 3.47. The lowest BCUT2D eigenvalue weighted by molar-refractivity contribution is 0.820. The quantitative estimate of drug-likeness (QED) is 0.567. The van der Waals surface area contributed by atoms with Gasteiger partial charge in [-0.3, -0.25) is 0 Å². The summed E-state index contributed by atoms with van der Waals surface area (Å²) in [6, 6.07) is 17.8. The van der Waals surface area contributed by atoms with Crippen LogP contribution in [0.2, 0.25) is 0 Å². The molecule has 100 valence electrons. The minimum absolute atomic E-state index is 0.938. The van der Waals surface area contributed by atoms with Gasteiger partial charge < -0.3 is 0 Å². The first-order chi connectivity index (χ1) is 9.31. The Kier molecular flexibility index (Phi) is 6.12. The molecule has 0 aliphatic heterocycles. The van der Waals surface area contributed by atoms with Crippen LogP contribution in [0.3, 0.4) is 0 Å². The molecular weight excluding hydrogens is 364 g/mol. The van der Waals surface area contributed by atoms with Gasteiger partial charge in [0.25, 0.3) is 0 Å². The number of rotatable bonds is 6. The molecule has 2 rings (SSSR count). The van der Waals surface area contributed by atoms with Crippen molar-refractivity contribution in [2.24, 2.45) is 0 Å². The standard InChI is InChI=1S/C17H18Br2/c18-12-16-8-4-14(5-9-16)2-1-3-15-6-10-17(13-19)11-7-15/h4-11H,1-3,12-13H2. The molecule has 0 nitrogen and oxygen atoms in total. The third kappa shape index (κ3) is 4.77. The van der Waals surface area contributed by atoms with Crippen molar-refractivity contribution in [1.82, 2.24) is 0 Å². The fourth-order valence-electron chi connectivity index (χ4n) is 2.09. The second-order valence-electron chi connectivity index (χ2n) is 4.75. The van der Waals surface area contributed by atoms with Crippen molar-refractivity contribution in [3.8, 4) is 0 Å². The van der Waals surface area contributed by atoms with Gasteiger partial charge in [0.2, 0.25) is 0 Å². The summed E-state index contributed by atoms with van der Waals surface area (Å²) < 4.78 is 0. The van der Waals surface area contributed by atoms with Crippen molar-refractivity contribution in [3.05, 3.63) is 70.8 Å². The monoisotopic (exact) mass is 380 g/mol. The Morgan fingerprint density at radius 1 is 0.526 bits per heavy atom. The summed E-state index contributed by atoms with van der Waals surface area (Å²) in [5.74, 6) is 0. The lowest BCUT2D eigenvalue weighted by Gasteiger charge is -2.04. The van der Waals surface area contributed by atoms with E-state index in [1.165, 1.54) is 28.7 Å². The van der Waals surface area contributed by atoms with Gasteiger partial charge in [0.15, 0.2) is 0 Å². The van der Waals surface area contributed by atoms with Gasteiger partial charge in [-0.05, 0) is 41.5 Å². The molecule has 0 amide bonds. The molecule has 0 aliphatic carbocycles. The van der Waals surface area contributed by atoms with Gasteiger partial charge in [-0.25, -0.2) is 0 Å². The molecule has 0 saturated carbocycles. The molecule has 0 radical (unpaired) electrons. The Morgan fingerprint density at radius 2 is 0.842 bits per heavy atom. The lowest BCUT2D eigenvalue weighted by atomic mass is 10.0. The van der Waals surface area contributed by atoms with E-state index in [2.05, 4.69) is 80.4 Å². The second kappa shape index (κ2) is 7.86. The molecule has 0 atom stereocenters. The lowest BCUT2D eigenvalue weighted by Crippen LogP contribution is -1.91. The number of halogens is 2. The van der Waals surface area contributed by atoms with Crippen LogP contribution in [0, 0.1) is 0 Å². The van der Waals surface area contributed by atoms with E-state index in [9.17, 15) is 0 Å². The molecule has 2 aromatic rings. The van der Waals surface area contributed by atoms with Crippen molar-refractivity contribution in [2.45, 2.75) is 29.9 Å². The minimum Gasteiger partial charge on any atom is -0.0876 e. The first-order valence-corrected chi connectivity index (χ1v) is 8.83. The fourth-order valence-corrected chi connectivity index (χ4v) is 2.83. The maximum Gasteiger partial charge on any atom is 0.0283 e. The highest BCUT2D eigenvalue weighted by Crippen LogP contribution is 2.13. The molecule has 0 bridgehead atoms. The van der Waals surface area contributed by atoms with Crippen molar-refractivity contribution < 1.29 is 0 Å². The van der Waals surface area contributed by atoms with Crippen LogP contribution in [-0.4, -0.2) is 0 Å². The molecule has 0 N–H and O–H groups in total. The molecule has 0 heterocycles. The zero-order valence-electron chi connectivity index (χ0n) is 10.9. The third-order valence-electron chi connectivity index (χ3n) is 3.29. The Balaban J connectivity index is 1.81. The Bertz CT molecular complexity index is 438. The van der Waals surface area contributed by atoms with Gasteiger partial charge in [-0.15, -0.1) is 0 Å². The van der Waals surface area contributed by atoms with Crippen molar-refractivity contribution in [3.63, 3.8) is 0 Å². The summed E-state index contributed by atoms with van der Waals surface area (Å²) in [6.45, 7) is 0. The minimum atomic E-state index is 0.938. The Hall–Kier alpha value is -0.600. The van der Waals surface area contributed by atoms with Crippen LogP contribution < -0.4 is 0 Å². The number of hydrogen-bond acceptors (Lipinski definition) is 0. The van der Waals surface area contributed by atoms with E-state index in [0.717, 1.165) is 23.5 Å². The van der Waals surface area contributed by atoms with Crippen LogP contribution in [-0.2, 0) is 23.5 Å². The van der Waals surface area contributed by atoms with E-state index in [-0.39, 0.29) is 0 Å². The Morgan fingerprint density at radius 3 is 1.16 bits per heavy atom. The van der Waals surface area contributed by atoms with E-state index in [1.807, 2.05) is 0 Å². The highest BCUT2D eigenvalue weighted by Gasteiger charge is 1.97. The number of aryl methyl sites for hydroxylation is 2. The predicted molar refractivity (Wildman–Crippen MR) is 90.2 cm³/mol. The van der Waals surface area contributed by atoms with Crippen LogP contribution in [0.1, 0.15) is 28.7 Å². The van der Waals surface area contributed by atoms with Gasteiger partial charge in [0, 0.05) is 10.7 Å². The maximum absolute atomic E-state index is 3.47. The van der Waals surface area contributed by atoms with Crippen LogP contribution in [0.15, 0.2) is 48.5 Å². The third-order valence-corrected chi connectivity index (χ3v) is 4.58. The van der Waals surface area contributed by atoms with Gasteiger partial charge in [-0.2, -0.15) is 0 Å². The SMILES string of the molecule is BrCc1ccc(CCCc2ccc(CBr)cc2)cc1. The summed E-state index contributed by atoms with van der Waals surface area (Å²) in [5, 5.41) is 1.88. The summed E-state index contributed by atoms with van der Waals surface area (Å²) in [6.07, 6.45) is 3.52. The fraction of sp³-hybridized carbons (Fsp3) is 0.294. The summed E-state index contributed by atoms with van der Waals surface area (Å²) in [4.78, 5) is 0. The van der Waals surface area contributed by atoms with Crippen molar-refractivity contribution >= 4 is 31.9 Å². The van der Waals surface area contributed by atoms with Crippen LogP contribution >= 0.6 is 31.9 Å². The highest BCUT2D eigenvalue weighted by molar-refractivity contribution is 9.08. The normalized spacial score (nSPS) is 10.6. The molecule has 0 unspecified atom stereocenters. The van der Waals surface area contributed by atoms with E-state index in [4.69, 9.17) is 0 Å². The van der Waals surface area contributed by atoms with Crippen LogP contribution in [0.4, 0.5) is 0 Å². The van der Waals surface area contributed by atoms with Crippen LogP contribution in [0.25, 0.3) is 0 Å². The van der Waals surface area contributed by atoms with Crippen molar-refractivity contribution in [1.29, 1.82) is 0 Å². The number of benzene rings is 2. The first kappa shape index (κ1) is 14.8. The molecule has 0 saturated heterocycles. The number of hydrogen-bond donors (Lipinski definition) is 0. The van der Waals surface area contributed by atoms with Crippen molar-refractivity contribution in [2.75, 3.05) is 0 Å². The van der Waals surface area contributed by atoms with Gasteiger partial charge >= 0.3 is 0 Å². The summed E-state index contributed by atoms with van der Waals surface area (Å²) >= 11 is 6.95. The molecular formula is C17H18Br2. The second-order valence-corrected chi connectivity index (χ2v) is 5.88. The average Bonchev–Trinajstić information content (AvgIpc) is 2.49. The molecule has 2 aromatic carbocycles. The molecule has 0 aromatic heterocycles. The average molecular weight is 382 g/mol. The first-order valence-electron chi connectivity index (χ1n) is 6.59. The molecule has 0 aliphatic rings. The van der Waals surface area contributed by atoms with E-state index in [0.29, 0.717) is 0 Å². The zero-order valence-corrected chi connectivity index (χ0v) is 14.1. The largest absolute Gasteiger partial charge is 0.0876 e. The highest BCUT2D eigenvalue weighted by atomic mass is 79.9. The summed E-state index contributed by atoms with van der Waals surface area (Å²) in [5.41, 5.74) is 5.55. The topological polar surface area (TPSA) is 0 Å². The van der Waals surface area contributed by atoms with Gasteiger partial charge in [-0.1, -0.05) is 80.4 Å². The van der Waals surface area contributed by atoms with E-state index >= 15 is 0 Å². The molecule has 0 spiro atoms. The molecule has 2 heteroatoms. The van der Waals surface area contributed by atoms with E-state index < -0.39 is 0 Å². The number of alkyl halides is 2. The van der Waals surface area contributed by atoms with E-state index in [1.54, 1.807) is 0 Å². The van der Waals surface area contributed by atoms with Gasteiger partial charge in [0.1, 0.15) is 0 Å². The smallest absolute Gasteiger partial charge is 0.0283 e. The molecule has 0 fully saturated rings. The summed E-state index contributed by atoms with van der Waals surface area (Å²) in [7, 11) is 0. The van der Waals surface area contributed by atoms with Gasteiger partial charge in [0.05, 0.1) is 0 Å². The van der Waals surface area contributed by atoms with Crippen LogP contribution in [0.5, 0.6) is 0 Å². The molecule has 19 heavy (non-hydrogen) atoms. The predicted octanol–water partition coefficient (Wildman–Crippen LogP) is 5.65.